The summed E-state index contributed by atoms with van der Waals surface area (Å²) in [5.41, 5.74) is 0.430. The average Bonchev–Trinajstić information content (AvgIpc) is 2.93. The second-order valence-electron chi connectivity index (χ2n) is 4.87. The van der Waals surface area contributed by atoms with Crippen molar-refractivity contribution in [1.82, 2.24) is 9.55 Å². The largest absolute Gasteiger partial charge is 0.530 e. The number of rotatable bonds is 3. The molecule has 1 amide bonds. The molecule has 0 unspecified atom stereocenters. The van der Waals surface area contributed by atoms with Crippen LogP contribution in [-0.4, -0.2) is 33.2 Å². The lowest BCUT2D eigenvalue weighted by Gasteiger charge is -2.35. The number of nitro groups is 1. The monoisotopic (exact) mass is 381 g/mol. The van der Waals surface area contributed by atoms with Gasteiger partial charge in [0.2, 0.25) is 0 Å². The molecule has 120 valence electrons. The summed E-state index contributed by atoms with van der Waals surface area (Å²) >= 11 is 3.28. The molecule has 0 saturated heterocycles. The van der Waals surface area contributed by atoms with Gasteiger partial charge in [0, 0.05) is 15.1 Å². The maximum absolute atomic E-state index is 11.5. The molecule has 23 heavy (non-hydrogen) atoms. The van der Waals surface area contributed by atoms with E-state index in [9.17, 15) is 20.0 Å². The smallest absolute Gasteiger partial charge is 0.414 e. The van der Waals surface area contributed by atoms with Crippen molar-refractivity contribution in [3.05, 3.63) is 45.0 Å². The zero-order valence-electron chi connectivity index (χ0n) is 11.6. The lowest BCUT2D eigenvalue weighted by Crippen LogP contribution is -2.53. The summed E-state index contributed by atoms with van der Waals surface area (Å²) in [5, 5.41) is 22.3. The van der Waals surface area contributed by atoms with Crippen molar-refractivity contribution < 1.29 is 19.6 Å². The van der Waals surface area contributed by atoms with Crippen LogP contribution in [0.15, 0.2) is 34.9 Å². The van der Waals surface area contributed by atoms with Crippen LogP contribution >= 0.6 is 15.9 Å². The summed E-state index contributed by atoms with van der Waals surface area (Å²) in [5.74, 6) is -0.343. The number of carbonyl (C=O) groups excluding carboxylic acids is 1. The van der Waals surface area contributed by atoms with Gasteiger partial charge in [-0.1, -0.05) is 15.9 Å². The topological polar surface area (TPSA) is 114 Å². The van der Waals surface area contributed by atoms with Gasteiger partial charge in [0.25, 0.3) is 0 Å². The highest BCUT2D eigenvalue weighted by atomic mass is 79.9. The lowest BCUT2D eigenvalue weighted by atomic mass is 10.2. The molecule has 0 fully saturated rings. The fourth-order valence-corrected chi connectivity index (χ4v) is 2.66. The Hall–Kier alpha value is -2.62. The maximum Gasteiger partial charge on any atom is 0.414 e. The molecule has 0 N–H and O–H groups in total. The van der Waals surface area contributed by atoms with E-state index in [-0.39, 0.29) is 25.0 Å². The van der Waals surface area contributed by atoms with Crippen molar-refractivity contribution in [1.29, 1.82) is 0 Å². The summed E-state index contributed by atoms with van der Waals surface area (Å²) in [6.07, 6.45) is -0.157. The number of halogens is 1. The molecule has 1 aromatic carbocycles. The molecule has 9 nitrogen and oxygen atoms in total. The number of amides is 1. The Morgan fingerprint density at radius 3 is 2.74 bits per heavy atom. The minimum absolute atomic E-state index is 0.0260. The lowest BCUT2D eigenvalue weighted by molar-refractivity contribution is -0.389. The quantitative estimate of drug-likeness (QED) is 0.582. The molecule has 10 heteroatoms. The van der Waals surface area contributed by atoms with E-state index in [0.717, 1.165) is 9.37 Å². The second kappa shape index (κ2) is 5.88. The molecule has 1 aliphatic rings. The van der Waals surface area contributed by atoms with Gasteiger partial charge < -0.3 is 29.7 Å². The standard InChI is InChI=1S/C13H11BrN4O5/c14-8-1-3-9(4-2-8)17(13(19)20)10-5-16-6-11(18(21)22)15-12(16)23-7-10/h1-4,6,10H,5,7H2,(H,19,20)/p-1/t10-/m0/s1. The first-order valence-corrected chi connectivity index (χ1v) is 7.35. The molecule has 3 rings (SSSR count). The molecule has 1 atom stereocenters. The highest BCUT2D eigenvalue weighted by Gasteiger charge is 2.31. The van der Waals surface area contributed by atoms with Crippen molar-refractivity contribution in [2.45, 2.75) is 12.6 Å². The van der Waals surface area contributed by atoms with E-state index >= 15 is 0 Å². The number of hydrogen-bond donors (Lipinski definition) is 0. The van der Waals surface area contributed by atoms with Crippen LogP contribution in [0.1, 0.15) is 0 Å². The van der Waals surface area contributed by atoms with Gasteiger partial charge >= 0.3 is 11.8 Å². The number of carbonyl (C=O) groups is 1. The minimum Gasteiger partial charge on any atom is -0.530 e. The molecule has 0 radical (unpaired) electrons. The van der Waals surface area contributed by atoms with Crippen LogP contribution in [-0.2, 0) is 6.54 Å². The SMILES string of the molecule is O=C([O-])N(c1ccc(Br)cc1)[C@@H]1COc2nc([N+](=O)[O-])cn2C1. The van der Waals surface area contributed by atoms with E-state index in [0.29, 0.717) is 5.69 Å². The van der Waals surface area contributed by atoms with Crippen molar-refractivity contribution in [2.75, 3.05) is 11.5 Å². The van der Waals surface area contributed by atoms with Gasteiger partial charge in [-0.3, -0.25) is 4.57 Å². The van der Waals surface area contributed by atoms with Gasteiger partial charge in [0.05, 0.1) is 12.6 Å². The van der Waals surface area contributed by atoms with Crippen LogP contribution in [0.5, 0.6) is 6.01 Å². The molecule has 1 aromatic heterocycles. The van der Waals surface area contributed by atoms with Crippen LogP contribution < -0.4 is 14.7 Å². The van der Waals surface area contributed by atoms with Crippen molar-refractivity contribution in [3.63, 3.8) is 0 Å². The number of aromatic nitrogens is 2. The van der Waals surface area contributed by atoms with E-state index < -0.39 is 17.1 Å². The number of nitrogens with zero attached hydrogens (tertiary/aromatic N) is 4. The number of hydrogen-bond acceptors (Lipinski definition) is 6. The first-order valence-electron chi connectivity index (χ1n) is 6.56. The Morgan fingerprint density at radius 2 is 2.13 bits per heavy atom. The molecule has 0 saturated carbocycles. The predicted octanol–water partition coefficient (Wildman–Crippen LogP) is 1.16. The van der Waals surface area contributed by atoms with Crippen LogP contribution in [0, 0.1) is 10.1 Å². The molecule has 1 aliphatic heterocycles. The van der Waals surface area contributed by atoms with E-state index in [1.807, 2.05) is 0 Å². The fraction of sp³-hybridized carbons (Fsp3) is 0.231. The number of carboxylic acid groups (broad SMARTS) is 1. The van der Waals surface area contributed by atoms with E-state index in [4.69, 9.17) is 4.74 Å². The normalized spacial score (nSPS) is 16.3. The van der Waals surface area contributed by atoms with Crippen LogP contribution in [0.2, 0.25) is 0 Å². The zero-order chi connectivity index (χ0) is 16.6. The van der Waals surface area contributed by atoms with Gasteiger partial charge in [0.15, 0.2) is 0 Å². The predicted molar refractivity (Wildman–Crippen MR) is 80.2 cm³/mol. The maximum atomic E-state index is 11.5. The second-order valence-corrected chi connectivity index (χ2v) is 5.78. The summed E-state index contributed by atoms with van der Waals surface area (Å²) in [6, 6.07) is 6.20. The number of ether oxygens (including phenoxy) is 1. The fourth-order valence-electron chi connectivity index (χ4n) is 2.39. The van der Waals surface area contributed by atoms with Crippen molar-refractivity contribution >= 4 is 33.5 Å². The van der Waals surface area contributed by atoms with Gasteiger partial charge in [-0.05, 0) is 29.2 Å². The van der Waals surface area contributed by atoms with E-state index in [2.05, 4.69) is 20.9 Å². The molecule has 0 aliphatic carbocycles. The van der Waals surface area contributed by atoms with E-state index in [1.54, 1.807) is 24.3 Å². The summed E-state index contributed by atoms with van der Waals surface area (Å²) in [7, 11) is 0. The Labute approximate surface area is 138 Å². The molecular formula is C13H10BrN4O5-. The number of fused-ring (bicyclic) bond motifs is 1. The van der Waals surface area contributed by atoms with Crippen molar-refractivity contribution in [3.8, 4) is 6.01 Å². The third-order valence-corrected chi connectivity index (χ3v) is 3.92. The first-order chi connectivity index (χ1) is 11.0. The molecule has 2 aromatic rings. The number of anilines is 1. The van der Waals surface area contributed by atoms with Gasteiger partial charge in [-0.2, -0.15) is 0 Å². The zero-order valence-corrected chi connectivity index (χ0v) is 13.2. The summed E-state index contributed by atoms with van der Waals surface area (Å²) in [4.78, 5) is 26.4. The average molecular weight is 382 g/mol. The van der Waals surface area contributed by atoms with Crippen LogP contribution in [0.4, 0.5) is 16.3 Å². The van der Waals surface area contributed by atoms with Gasteiger partial charge in [-0.25, -0.2) is 0 Å². The molecule has 0 spiro atoms. The Bertz CT molecular complexity index is 760. The van der Waals surface area contributed by atoms with Crippen LogP contribution in [0.25, 0.3) is 0 Å². The highest BCUT2D eigenvalue weighted by molar-refractivity contribution is 9.10. The van der Waals surface area contributed by atoms with Crippen molar-refractivity contribution in [2.24, 2.45) is 0 Å². The van der Waals surface area contributed by atoms with Gasteiger partial charge in [0.1, 0.15) is 18.9 Å². The first kappa shape index (κ1) is 15.3. The third kappa shape index (κ3) is 2.97. The minimum atomic E-state index is -1.38. The summed E-state index contributed by atoms with van der Waals surface area (Å²) < 4.78 is 7.58. The summed E-state index contributed by atoms with van der Waals surface area (Å²) in [6.45, 7) is 0.207. The molecule has 0 bridgehead atoms. The molecule has 2 heterocycles. The Morgan fingerprint density at radius 1 is 1.43 bits per heavy atom. The Balaban J connectivity index is 1.88. The third-order valence-electron chi connectivity index (χ3n) is 3.39. The Kier molecular flexibility index (Phi) is 3.90. The van der Waals surface area contributed by atoms with E-state index in [1.165, 1.54) is 10.8 Å². The molecular weight excluding hydrogens is 372 g/mol. The van der Waals surface area contributed by atoms with Gasteiger partial charge in [-0.15, -0.1) is 0 Å². The highest BCUT2D eigenvalue weighted by Crippen LogP contribution is 2.26. The number of imidazole rings is 1. The number of benzene rings is 1. The van der Waals surface area contributed by atoms with Crippen LogP contribution in [0.3, 0.4) is 0 Å².